The van der Waals surface area contributed by atoms with Crippen molar-refractivity contribution in [2.45, 2.75) is 32.6 Å². The van der Waals surface area contributed by atoms with E-state index in [2.05, 4.69) is 12.1 Å². The molecule has 0 bridgehead atoms. The fraction of sp³-hybridized carbons (Fsp3) is 0.667. The summed E-state index contributed by atoms with van der Waals surface area (Å²) in [5, 5.41) is 11.8. The van der Waals surface area contributed by atoms with E-state index >= 15 is 0 Å². The Bertz CT molecular complexity index is 197. The van der Waals surface area contributed by atoms with Crippen molar-refractivity contribution in [1.82, 2.24) is 0 Å². The van der Waals surface area contributed by atoms with Gasteiger partial charge in [-0.1, -0.05) is 12.1 Å². The van der Waals surface area contributed by atoms with Crippen LogP contribution in [0.25, 0.3) is 0 Å². The summed E-state index contributed by atoms with van der Waals surface area (Å²) in [4.78, 5) is 0. The van der Waals surface area contributed by atoms with Gasteiger partial charge < -0.3 is 9.94 Å². The summed E-state index contributed by atoms with van der Waals surface area (Å²) < 4.78 is 5.41. The van der Waals surface area contributed by atoms with E-state index in [1.807, 2.05) is 6.08 Å². The molecule has 0 radical (unpaired) electrons. The van der Waals surface area contributed by atoms with Crippen molar-refractivity contribution in [2.75, 3.05) is 6.61 Å². The lowest BCUT2D eigenvalue weighted by molar-refractivity contribution is 0.223. The zero-order valence-electron chi connectivity index (χ0n) is 7.42. The normalized spacial score (nSPS) is 20.8. The second kappa shape index (κ2) is 4.80. The van der Waals surface area contributed by atoms with Gasteiger partial charge in [0.2, 0.25) is 0 Å². The predicted molar refractivity (Wildman–Crippen MR) is 47.4 cm³/mol. The maximum absolute atomic E-state index is 8.63. The second-order valence-electron chi connectivity index (χ2n) is 2.86. The van der Waals surface area contributed by atoms with Crippen molar-refractivity contribution < 1.29 is 9.94 Å². The Morgan fingerprint density at radius 3 is 3.17 bits per heavy atom. The van der Waals surface area contributed by atoms with Gasteiger partial charge in [-0.05, 0) is 31.8 Å². The summed E-state index contributed by atoms with van der Waals surface area (Å²) >= 11 is 0. The molecule has 0 fully saturated rings. The average Bonchev–Trinajstić information content (AvgIpc) is 2.15. The van der Waals surface area contributed by atoms with Gasteiger partial charge >= 0.3 is 0 Å². The van der Waals surface area contributed by atoms with Crippen LogP contribution >= 0.6 is 0 Å². The highest BCUT2D eigenvalue weighted by molar-refractivity contribution is 5.98. The number of ether oxygens (including phenoxy) is 1. The Morgan fingerprint density at radius 2 is 2.50 bits per heavy atom. The summed E-state index contributed by atoms with van der Waals surface area (Å²) in [6.45, 7) is 2.75. The minimum Gasteiger partial charge on any atom is -0.492 e. The first-order chi connectivity index (χ1) is 5.88. The van der Waals surface area contributed by atoms with Crippen LogP contribution in [0, 0.1) is 0 Å². The molecular weight excluding hydrogens is 154 g/mol. The summed E-state index contributed by atoms with van der Waals surface area (Å²) in [6, 6.07) is 0. The van der Waals surface area contributed by atoms with Crippen molar-refractivity contribution >= 4 is 5.71 Å². The lowest BCUT2D eigenvalue weighted by Gasteiger charge is -2.14. The van der Waals surface area contributed by atoms with Gasteiger partial charge in [-0.2, -0.15) is 0 Å². The van der Waals surface area contributed by atoms with Crippen LogP contribution in [0.1, 0.15) is 32.6 Å². The molecular formula is C9H15NO2. The minimum absolute atomic E-state index is 0.690. The first-order valence-corrected chi connectivity index (χ1v) is 4.42. The quantitative estimate of drug-likeness (QED) is 0.520. The third-order valence-electron chi connectivity index (χ3n) is 1.81. The number of hydrogen-bond acceptors (Lipinski definition) is 3. The molecule has 1 aliphatic rings. The molecule has 68 valence electrons. The van der Waals surface area contributed by atoms with Gasteiger partial charge in [-0.25, -0.2) is 0 Å². The molecule has 3 nitrogen and oxygen atoms in total. The van der Waals surface area contributed by atoms with Crippen molar-refractivity contribution in [2.24, 2.45) is 5.16 Å². The molecule has 12 heavy (non-hydrogen) atoms. The number of oxime groups is 1. The van der Waals surface area contributed by atoms with E-state index in [-0.39, 0.29) is 0 Å². The number of nitrogens with zero attached hydrogens (tertiary/aromatic N) is 1. The van der Waals surface area contributed by atoms with Gasteiger partial charge in [0.1, 0.15) is 11.5 Å². The van der Waals surface area contributed by atoms with Gasteiger partial charge in [0.15, 0.2) is 0 Å². The average molecular weight is 169 g/mol. The maximum atomic E-state index is 8.63. The molecule has 1 aliphatic carbocycles. The van der Waals surface area contributed by atoms with Crippen LogP contribution in [-0.4, -0.2) is 17.5 Å². The Hall–Kier alpha value is -0.990. The fourth-order valence-corrected chi connectivity index (χ4v) is 1.20. The van der Waals surface area contributed by atoms with Crippen molar-refractivity contribution in [3.63, 3.8) is 0 Å². The van der Waals surface area contributed by atoms with Crippen LogP contribution in [0.2, 0.25) is 0 Å². The Balaban J connectivity index is 2.52. The second-order valence-corrected chi connectivity index (χ2v) is 2.86. The van der Waals surface area contributed by atoms with E-state index in [0.717, 1.165) is 31.4 Å². The van der Waals surface area contributed by atoms with E-state index in [1.54, 1.807) is 0 Å². The lowest BCUT2D eigenvalue weighted by Crippen LogP contribution is -2.11. The summed E-state index contributed by atoms with van der Waals surface area (Å²) in [5.41, 5.74) is 0.690. The summed E-state index contributed by atoms with van der Waals surface area (Å²) in [7, 11) is 0. The van der Waals surface area contributed by atoms with Crippen molar-refractivity contribution in [3.8, 4) is 0 Å². The highest BCUT2D eigenvalue weighted by Crippen LogP contribution is 2.16. The van der Waals surface area contributed by atoms with E-state index in [1.165, 1.54) is 0 Å². The highest BCUT2D eigenvalue weighted by Gasteiger charge is 2.12. The molecule has 0 heterocycles. The molecule has 1 rings (SSSR count). The highest BCUT2D eigenvalue weighted by atomic mass is 16.5. The minimum atomic E-state index is 0.690. The van der Waals surface area contributed by atoms with E-state index < -0.39 is 0 Å². The zero-order chi connectivity index (χ0) is 8.81. The molecule has 0 unspecified atom stereocenters. The largest absolute Gasteiger partial charge is 0.492 e. The first-order valence-electron chi connectivity index (χ1n) is 4.42. The van der Waals surface area contributed by atoms with Crippen molar-refractivity contribution in [1.29, 1.82) is 0 Å². The maximum Gasteiger partial charge on any atom is 0.140 e. The number of allylic oxidation sites excluding steroid dienone is 2. The Labute approximate surface area is 72.7 Å². The fourth-order valence-electron chi connectivity index (χ4n) is 1.20. The number of rotatable bonds is 3. The Kier molecular flexibility index (Phi) is 3.64. The molecule has 3 heteroatoms. The van der Waals surface area contributed by atoms with E-state index in [4.69, 9.17) is 9.94 Å². The standard InChI is InChI=1S/C9H15NO2/c1-2-7-12-9-6-4-3-5-8(9)10-11/h6,11H,2-5,7H2,1H3. The Morgan fingerprint density at radius 1 is 1.67 bits per heavy atom. The van der Waals surface area contributed by atoms with Crippen LogP contribution in [0.15, 0.2) is 17.0 Å². The van der Waals surface area contributed by atoms with Gasteiger partial charge in [-0.3, -0.25) is 0 Å². The SMILES string of the molecule is CCCOC1=CCCCC1=NO. The molecule has 0 spiro atoms. The first kappa shape index (κ1) is 9.10. The van der Waals surface area contributed by atoms with E-state index in [0.29, 0.717) is 12.3 Å². The van der Waals surface area contributed by atoms with Crippen LogP contribution in [0.4, 0.5) is 0 Å². The van der Waals surface area contributed by atoms with Gasteiger partial charge in [-0.15, -0.1) is 0 Å². The molecule has 0 aromatic rings. The molecule has 1 N–H and O–H groups in total. The smallest absolute Gasteiger partial charge is 0.140 e. The molecule has 0 aromatic heterocycles. The molecule has 0 aliphatic heterocycles. The monoisotopic (exact) mass is 169 g/mol. The van der Waals surface area contributed by atoms with Gasteiger partial charge in [0.05, 0.1) is 6.61 Å². The number of hydrogen-bond donors (Lipinski definition) is 1. The molecule has 0 amide bonds. The zero-order valence-corrected chi connectivity index (χ0v) is 7.42. The van der Waals surface area contributed by atoms with Crippen LogP contribution in [-0.2, 0) is 4.74 Å². The van der Waals surface area contributed by atoms with Crippen LogP contribution < -0.4 is 0 Å². The topological polar surface area (TPSA) is 41.8 Å². The predicted octanol–water partition coefficient (Wildman–Crippen LogP) is 2.31. The van der Waals surface area contributed by atoms with Crippen LogP contribution in [0.5, 0.6) is 0 Å². The van der Waals surface area contributed by atoms with E-state index in [9.17, 15) is 0 Å². The summed E-state index contributed by atoms with van der Waals surface area (Å²) in [5.74, 6) is 0.769. The van der Waals surface area contributed by atoms with Crippen LogP contribution in [0.3, 0.4) is 0 Å². The molecule has 0 saturated heterocycles. The van der Waals surface area contributed by atoms with Gasteiger partial charge in [0, 0.05) is 0 Å². The summed E-state index contributed by atoms with van der Waals surface area (Å²) in [6.07, 6.45) is 5.88. The molecule has 0 saturated carbocycles. The molecule has 0 aromatic carbocycles. The van der Waals surface area contributed by atoms with Gasteiger partial charge in [0.25, 0.3) is 0 Å². The third-order valence-corrected chi connectivity index (χ3v) is 1.81. The molecule has 0 atom stereocenters. The third kappa shape index (κ3) is 2.26. The lowest BCUT2D eigenvalue weighted by atomic mass is 10.0. The van der Waals surface area contributed by atoms with Crippen molar-refractivity contribution in [3.05, 3.63) is 11.8 Å².